The van der Waals surface area contributed by atoms with Crippen LogP contribution in [-0.4, -0.2) is 4.98 Å². The normalized spacial score (nSPS) is 11.3. The number of benzene rings is 1. The molecule has 0 N–H and O–H groups in total. The summed E-state index contributed by atoms with van der Waals surface area (Å²) in [5.74, 6) is 0. The van der Waals surface area contributed by atoms with Gasteiger partial charge in [0.25, 0.3) is 0 Å². The van der Waals surface area contributed by atoms with Crippen molar-refractivity contribution in [3.8, 4) is 17.3 Å². The van der Waals surface area contributed by atoms with E-state index in [4.69, 9.17) is 11.6 Å². The quantitative estimate of drug-likeness (QED) is 0.588. The van der Waals surface area contributed by atoms with Crippen LogP contribution >= 0.6 is 34.3 Å². The summed E-state index contributed by atoms with van der Waals surface area (Å²) in [7, 11) is 0. The maximum Gasteiger partial charge on any atom is 0.134 e. The van der Waals surface area contributed by atoms with Gasteiger partial charge >= 0.3 is 0 Å². The minimum absolute atomic E-state index is 0.579. The lowest BCUT2D eigenvalue weighted by atomic mass is 10.2. The number of allylic oxidation sites excluding steroid dienone is 1. The first kappa shape index (κ1) is 14.0. The van der Waals surface area contributed by atoms with Crippen molar-refractivity contribution >= 4 is 45.9 Å². The third-order valence-corrected chi connectivity index (χ3v) is 4.74. The van der Waals surface area contributed by atoms with Crippen LogP contribution < -0.4 is 0 Å². The predicted molar refractivity (Wildman–Crippen MR) is 90.4 cm³/mol. The number of nitriles is 1. The fraction of sp³-hybridized carbons (Fsp3) is 0. The zero-order valence-electron chi connectivity index (χ0n) is 10.8. The third kappa shape index (κ3) is 3.22. The Labute approximate surface area is 135 Å². The smallest absolute Gasteiger partial charge is 0.134 e. The SMILES string of the molecule is N#C/C(=C\c1cccs1)c1nc(-c2cccc(Cl)c2)cs1. The van der Waals surface area contributed by atoms with E-state index >= 15 is 0 Å². The van der Waals surface area contributed by atoms with Gasteiger partial charge < -0.3 is 0 Å². The second kappa shape index (κ2) is 6.23. The maximum atomic E-state index is 9.33. The molecule has 2 aromatic heterocycles. The molecule has 5 heteroatoms. The molecule has 0 aliphatic carbocycles. The van der Waals surface area contributed by atoms with Crippen molar-refractivity contribution in [2.24, 2.45) is 0 Å². The van der Waals surface area contributed by atoms with Gasteiger partial charge in [-0.05, 0) is 29.7 Å². The standard InChI is InChI=1S/C16H9ClN2S2/c17-13-4-1-3-11(7-13)15-10-21-16(19-15)12(9-18)8-14-5-2-6-20-14/h1-8,10H/b12-8+. The summed E-state index contributed by atoms with van der Waals surface area (Å²) >= 11 is 9.06. The van der Waals surface area contributed by atoms with Crippen molar-refractivity contribution < 1.29 is 0 Å². The van der Waals surface area contributed by atoms with Gasteiger partial charge in [0.05, 0.1) is 11.3 Å². The highest BCUT2D eigenvalue weighted by atomic mass is 35.5. The molecule has 3 rings (SSSR count). The second-order valence-electron chi connectivity index (χ2n) is 4.23. The molecule has 0 aliphatic rings. The number of nitrogens with zero attached hydrogens (tertiary/aromatic N) is 2. The molecular formula is C16H9ClN2S2. The number of thiophene rings is 1. The van der Waals surface area contributed by atoms with Crippen LogP contribution in [0.2, 0.25) is 5.02 Å². The van der Waals surface area contributed by atoms with E-state index in [0.717, 1.165) is 21.1 Å². The van der Waals surface area contributed by atoms with Crippen LogP contribution in [0.5, 0.6) is 0 Å². The molecule has 0 saturated carbocycles. The highest BCUT2D eigenvalue weighted by Crippen LogP contribution is 2.28. The number of hydrogen-bond acceptors (Lipinski definition) is 4. The van der Waals surface area contributed by atoms with E-state index in [2.05, 4.69) is 11.1 Å². The Hall–Kier alpha value is -1.93. The van der Waals surface area contributed by atoms with Crippen LogP contribution in [0.25, 0.3) is 22.9 Å². The highest BCUT2D eigenvalue weighted by molar-refractivity contribution is 7.12. The summed E-state index contributed by atoms with van der Waals surface area (Å²) in [4.78, 5) is 5.59. The van der Waals surface area contributed by atoms with Crippen LogP contribution in [0.3, 0.4) is 0 Å². The lowest BCUT2D eigenvalue weighted by molar-refractivity contribution is 1.37. The molecule has 3 aromatic rings. The molecule has 0 unspecified atom stereocenters. The van der Waals surface area contributed by atoms with E-state index in [0.29, 0.717) is 10.6 Å². The molecule has 102 valence electrons. The molecule has 0 aliphatic heterocycles. The topological polar surface area (TPSA) is 36.7 Å². The van der Waals surface area contributed by atoms with Crippen LogP contribution in [0, 0.1) is 11.3 Å². The Morgan fingerprint density at radius 3 is 2.86 bits per heavy atom. The predicted octanol–water partition coefficient (Wildman–Crippen LogP) is 5.59. The van der Waals surface area contributed by atoms with E-state index in [9.17, 15) is 5.26 Å². The molecule has 0 radical (unpaired) electrons. The summed E-state index contributed by atoms with van der Waals surface area (Å²) in [5.41, 5.74) is 2.37. The summed E-state index contributed by atoms with van der Waals surface area (Å²) in [5, 5.41) is 14.7. The average molecular weight is 329 g/mol. The molecule has 2 nitrogen and oxygen atoms in total. The summed E-state index contributed by atoms with van der Waals surface area (Å²) in [6.07, 6.45) is 1.87. The number of aromatic nitrogens is 1. The number of hydrogen-bond donors (Lipinski definition) is 0. The zero-order valence-corrected chi connectivity index (χ0v) is 13.2. The Kier molecular flexibility index (Phi) is 4.16. The largest absolute Gasteiger partial charge is 0.235 e. The van der Waals surface area contributed by atoms with E-state index in [1.54, 1.807) is 11.3 Å². The molecule has 0 saturated heterocycles. The zero-order chi connectivity index (χ0) is 14.7. The minimum atomic E-state index is 0.579. The minimum Gasteiger partial charge on any atom is -0.235 e. The van der Waals surface area contributed by atoms with Gasteiger partial charge in [-0.2, -0.15) is 5.26 Å². The molecule has 21 heavy (non-hydrogen) atoms. The Morgan fingerprint density at radius 2 is 2.14 bits per heavy atom. The molecule has 0 spiro atoms. The van der Waals surface area contributed by atoms with Gasteiger partial charge in [0.15, 0.2) is 0 Å². The van der Waals surface area contributed by atoms with Crippen LogP contribution in [-0.2, 0) is 0 Å². The van der Waals surface area contributed by atoms with Gasteiger partial charge in [0, 0.05) is 20.8 Å². The van der Waals surface area contributed by atoms with Crippen LogP contribution in [0.4, 0.5) is 0 Å². The summed E-state index contributed by atoms with van der Waals surface area (Å²) in [6, 6.07) is 13.7. The first-order valence-electron chi connectivity index (χ1n) is 6.13. The van der Waals surface area contributed by atoms with E-state index in [1.165, 1.54) is 11.3 Å². The molecular weight excluding hydrogens is 320 g/mol. The van der Waals surface area contributed by atoms with E-state index < -0.39 is 0 Å². The molecule has 2 heterocycles. The monoisotopic (exact) mass is 328 g/mol. The Morgan fingerprint density at radius 1 is 1.24 bits per heavy atom. The second-order valence-corrected chi connectivity index (χ2v) is 6.51. The summed E-state index contributed by atoms with van der Waals surface area (Å²) in [6.45, 7) is 0. The maximum absolute atomic E-state index is 9.33. The molecule has 0 bridgehead atoms. The highest BCUT2D eigenvalue weighted by Gasteiger charge is 2.09. The summed E-state index contributed by atoms with van der Waals surface area (Å²) < 4.78 is 0. The van der Waals surface area contributed by atoms with Crippen LogP contribution in [0.15, 0.2) is 47.2 Å². The fourth-order valence-electron chi connectivity index (χ4n) is 1.84. The lowest BCUT2D eigenvalue weighted by Crippen LogP contribution is -1.82. The van der Waals surface area contributed by atoms with Crippen LogP contribution in [0.1, 0.15) is 9.88 Å². The van der Waals surface area contributed by atoms with Crippen molar-refractivity contribution in [1.29, 1.82) is 5.26 Å². The molecule has 0 atom stereocenters. The number of rotatable bonds is 3. The van der Waals surface area contributed by atoms with Gasteiger partial charge in [-0.1, -0.05) is 29.8 Å². The van der Waals surface area contributed by atoms with Gasteiger partial charge in [0.1, 0.15) is 11.1 Å². The first-order chi connectivity index (χ1) is 10.3. The third-order valence-electron chi connectivity index (χ3n) is 2.81. The van der Waals surface area contributed by atoms with Gasteiger partial charge in [-0.15, -0.1) is 22.7 Å². The van der Waals surface area contributed by atoms with E-state index in [1.807, 2.05) is 53.2 Å². The lowest BCUT2D eigenvalue weighted by Gasteiger charge is -1.96. The van der Waals surface area contributed by atoms with Gasteiger partial charge in [-0.25, -0.2) is 4.98 Å². The van der Waals surface area contributed by atoms with E-state index in [-0.39, 0.29) is 0 Å². The van der Waals surface area contributed by atoms with Crippen molar-refractivity contribution in [3.05, 3.63) is 62.1 Å². The van der Waals surface area contributed by atoms with Crippen molar-refractivity contribution in [3.63, 3.8) is 0 Å². The van der Waals surface area contributed by atoms with Crippen molar-refractivity contribution in [1.82, 2.24) is 4.98 Å². The number of thiazole rings is 1. The number of halogens is 1. The van der Waals surface area contributed by atoms with Gasteiger partial charge in [0.2, 0.25) is 0 Å². The molecule has 0 amide bonds. The first-order valence-corrected chi connectivity index (χ1v) is 8.27. The molecule has 0 fully saturated rings. The van der Waals surface area contributed by atoms with Gasteiger partial charge in [-0.3, -0.25) is 0 Å². The van der Waals surface area contributed by atoms with Crippen molar-refractivity contribution in [2.75, 3.05) is 0 Å². The molecule has 1 aromatic carbocycles. The average Bonchev–Trinajstić information content (AvgIpc) is 3.16. The van der Waals surface area contributed by atoms with Crippen molar-refractivity contribution in [2.45, 2.75) is 0 Å². The fourth-order valence-corrected chi connectivity index (χ4v) is 3.48. The Bertz CT molecular complexity index is 826. The Balaban J connectivity index is 1.96.